The molecule has 1 heterocycles. The summed E-state index contributed by atoms with van der Waals surface area (Å²) >= 11 is 0. The van der Waals surface area contributed by atoms with Crippen molar-refractivity contribution in [1.29, 1.82) is 0 Å². The van der Waals surface area contributed by atoms with Crippen molar-refractivity contribution in [2.24, 2.45) is 0 Å². The van der Waals surface area contributed by atoms with E-state index in [0.29, 0.717) is 24.5 Å². The number of H-pyrrole nitrogens is 1. The van der Waals surface area contributed by atoms with Crippen LogP contribution in [0.2, 0.25) is 0 Å². The molecule has 5 nitrogen and oxygen atoms in total. The zero-order chi connectivity index (χ0) is 13.6. The molecule has 0 radical (unpaired) electrons. The molecule has 0 unspecified atom stereocenters. The van der Waals surface area contributed by atoms with Gasteiger partial charge in [-0.25, -0.2) is 8.42 Å². The highest BCUT2D eigenvalue weighted by Crippen LogP contribution is 2.16. The van der Waals surface area contributed by atoms with Crippen LogP contribution in [0, 0.1) is 0 Å². The Bertz CT molecular complexity index is 479. The van der Waals surface area contributed by atoms with Crippen LogP contribution < -0.4 is 5.32 Å². The minimum atomic E-state index is -3.41. The topological polar surface area (TPSA) is 65.2 Å². The van der Waals surface area contributed by atoms with Gasteiger partial charge in [0.1, 0.15) is 0 Å². The Hall–Kier alpha value is -1.11. The normalized spacial score (nSPS) is 11.9. The van der Waals surface area contributed by atoms with Gasteiger partial charge in [0.25, 0.3) is 0 Å². The summed E-state index contributed by atoms with van der Waals surface area (Å²) in [7, 11) is -3.41. The molecule has 0 aliphatic heterocycles. The van der Waals surface area contributed by atoms with Gasteiger partial charge in [-0.2, -0.15) is 4.31 Å². The summed E-state index contributed by atoms with van der Waals surface area (Å²) in [5.41, 5.74) is 0.866. The lowest BCUT2D eigenvalue weighted by Gasteiger charge is -2.17. The maximum atomic E-state index is 12.3. The van der Waals surface area contributed by atoms with Crippen molar-refractivity contribution in [3.8, 4) is 0 Å². The first-order valence-electron chi connectivity index (χ1n) is 6.05. The standard InChI is InChI=1S/C12H21N3O2S/c1-4-7-15(6-3)18(16,17)12-8-11(14-10-12)9-13-5-2/h4,8,10,13-14H,1,5-7,9H2,2-3H3. The van der Waals surface area contributed by atoms with Crippen molar-refractivity contribution in [2.45, 2.75) is 25.3 Å². The predicted octanol–water partition coefficient (Wildman–Crippen LogP) is 1.32. The SMILES string of the molecule is C=CCN(CC)S(=O)(=O)c1c[nH]c(CNCC)c1. The summed E-state index contributed by atoms with van der Waals surface area (Å²) in [5, 5.41) is 3.14. The van der Waals surface area contributed by atoms with Gasteiger partial charge in [-0.1, -0.05) is 19.9 Å². The Kier molecular flexibility index (Phi) is 5.58. The van der Waals surface area contributed by atoms with Gasteiger partial charge in [0, 0.05) is 31.5 Å². The molecule has 0 saturated heterocycles. The maximum Gasteiger partial charge on any atom is 0.244 e. The minimum Gasteiger partial charge on any atom is -0.363 e. The lowest BCUT2D eigenvalue weighted by Crippen LogP contribution is -2.30. The average molecular weight is 271 g/mol. The molecule has 1 aromatic rings. The van der Waals surface area contributed by atoms with Crippen LogP contribution in [0.3, 0.4) is 0 Å². The molecule has 6 heteroatoms. The van der Waals surface area contributed by atoms with Crippen LogP contribution in [0.15, 0.2) is 29.8 Å². The molecule has 1 rings (SSSR count). The first kappa shape index (κ1) is 14.9. The summed E-state index contributed by atoms with van der Waals surface area (Å²) in [6.45, 7) is 9.64. The van der Waals surface area contributed by atoms with Crippen LogP contribution in [0.1, 0.15) is 19.5 Å². The Morgan fingerprint density at radius 1 is 1.50 bits per heavy atom. The maximum absolute atomic E-state index is 12.3. The number of rotatable bonds is 8. The first-order valence-corrected chi connectivity index (χ1v) is 7.49. The van der Waals surface area contributed by atoms with Gasteiger partial charge in [0.2, 0.25) is 10.0 Å². The highest BCUT2D eigenvalue weighted by Gasteiger charge is 2.22. The number of nitrogens with zero attached hydrogens (tertiary/aromatic N) is 1. The molecule has 0 bridgehead atoms. The van der Waals surface area contributed by atoms with E-state index in [2.05, 4.69) is 16.9 Å². The number of hydrogen-bond acceptors (Lipinski definition) is 3. The number of sulfonamides is 1. The summed E-state index contributed by atoms with van der Waals surface area (Å²) in [5.74, 6) is 0. The zero-order valence-electron chi connectivity index (χ0n) is 10.9. The van der Waals surface area contributed by atoms with E-state index in [0.717, 1.165) is 12.2 Å². The van der Waals surface area contributed by atoms with E-state index < -0.39 is 10.0 Å². The third-order valence-electron chi connectivity index (χ3n) is 2.60. The second kappa shape index (κ2) is 6.72. The van der Waals surface area contributed by atoms with E-state index in [9.17, 15) is 8.42 Å². The second-order valence-electron chi connectivity index (χ2n) is 3.89. The predicted molar refractivity (Wildman–Crippen MR) is 72.8 cm³/mol. The number of hydrogen-bond donors (Lipinski definition) is 2. The van der Waals surface area contributed by atoms with E-state index in [1.807, 2.05) is 13.8 Å². The highest BCUT2D eigenvalue weighted by molar-refractivity contribution is 7.89. The molecular weight excluding hydrogens is 250 g/mol. The molecule has 0 spiro atoms. The van der Waals surface area contributed by atoms with E-state index >= 15 is 0 Å². The molecule has 0 atom stereocenters. The fourth-order valence-corrected chi connectivity index (χ4v) is 3.06. The number of aromatic amines is 1. The molecule has 18 heavy (non-hydrogen) atoms. The molecule has 1 aromatic heterocycles. The third kappa shape index (κ3) is 3.44. The van der Waals surface area contributed by atoms with Gasteiger partial charge in [0.05, 0.1) is 4.90 Å². The van der Waals surface area contributed by atoms with Crippen LogP contribution in [0.4, 0.5) is 0 Å². The Morgan fingerprint density at radius 2 is 2.22 bits per heavy atom. The van der Waals surface area contributed by atoms with Crippen molar-refractivity contribution in [3.05, 3.63) is 30.6 Å². The Balaban J connectivity index is 2.90. The second-order valence-corrected chi connectivity index (χ2v) is 5.82. The highest BCUT2D eigenvalue weighted by atomic mass is 32.2. The third-order valence-corrected chi connectivity index (χ3v) is 4.52. The van der Waals surface area contributed by atoms with Crippen LogP contribution in [0.25, 0.3) is 0 Å². The minimum absolute atomic E-state index is 0.305. The monoisotopic (exact) mass is 271 g/mol. The van der Waals surface area contributed by atoms with Gasteiger partial charge >= 0.3 is 0 Å². The molecular formula is C12H21N3O2S. The van der Waals surface area contributed by atoms with Gasteiger partial charge in [-0.05, 0) is 12.6 Å². The van der Waals surface area contributed by atoms with Crippen LogP contribution in [0.5, 0.6) is 0 Å². The molecule has 0 aliphatic rings. The summed E-state index contributed by atoms with van der Waals surface area (Å²) in [6.07, 6.45) is 3.13. The molecule has 0 aromatic carbocycles. The fourth-order valence-electron chi connectivity index (χ4n) is 1.62. The van der Waals surface area contributed by atoms with Crippen molar-refractivity contribution >= 4 is 10.0 Å². The Labute approximate surface area is 109 Å². The van der Waals surface area contributed by atoms with Crippen LogP contribution in [-0.2, 0) is 16.6 Å². The van der Waals surface area contributed by atoms with E-state index in [1.54, 1.807) is 12.1 Å². The zero-order valence-corrected chi connectivity index (χ0v) is 11.8. The molecule has 0 aliphatic carbocycles. The van der Waals surface area contributed by atoms with Crippen LogP contribution in [-0.4, -0.2) is 37.3 Å². The summed E-state index contributed by atoms with van der Waals surface area (Å²) < 4.78 is 25.9. The summed E-state index contributed by atoms with van der Waals surface area (Å²) in [6, 6.07) is 1.67. The fraction of sp³-hybridized carbons (Fsp3) is 0.500. The van der Waals surface area contributed by atoms with Gasteiger partial charge in [-0.15, -0.1) is 6.58 Å². The first-order chi connectivity index (χ1) is 8.56. The molecule has 2 N–H and O–H groups in total. The average Bonchev–Trinajstić information content (AvgIpc) is 2.82. The Morgan fingerprint density at radius 3 is 2.78 bits per heavy atom. The molecule has 0 saturated carbocycles. The van der Waals surface area contributed by atoms with Gasteiger partial charge < -0.3 is 10.3 Å². The van der Waals surface area contributed by atoms with Crippen molar-refractivity contribution in [2.75, 3.05) is 19.6 Å². The number of nitrogens with one attached hydrogen (secondary N) is 2. The molecule has 0 fully saturated rings. The smallest absolute Gasteiger partial charge is 0.244 e. The quantitative estimate of drug-likeness (QED) is 0.701. The van der Waals surface area contributed by atoms with Crippen molar-refractivity contribution in [3.63, 3.8) is 0 Å². The number of aromatic nitrogens is 1. The van der Waals surface area contributed by atoms with E-state index in [-0.39, 0.29) is 0 Å². The van der Waals surface area contributed by atoms with Gasteiger partial charge in [-0.3, -0.25) is 0 Å². The van der Waals surface area contributed by atoms with Crippen LogP contribution >= 0.6 is 0 Å². The lowest BCUT2D eigenvalue weighted by atomic mass is 10.4. The van der Waals surface area contributed by atoms with Crippen molar-refractivity contribution < 1.29 is 8.42 Å². The lowest BCUT2D eigenvalue weighted by molar-refractivity contribution is 0.460. The summed E-state index contributed by atoms with van der Waals surface area (Å²) in [4.78, 5) is 3.28. The molecule has 102 valence electrons. The van der Waals surface area contributed by atoms with Gasteiger partial charge in [0.15, 0.2) is 0 Å². The van der Waals surface area contributed by atoms with Crippen molar-refractivity contribution in [1.82, 2.24) is 14.6 Å². The molecule has 0 amide bonds. The number of likely N-dealkylation sites (N-methyl/N-ethyl adjacent to an activating group) is 1. The van der Waals surface area contributed by atoms with E-state index in [4.69, 9.17) is 0 Å². The largest absolute Gasteiger partial charge is 0.363 e. The van der Waals surface area contributed by atoms with E-state index in [1.165, 1.54) is 10.5 Å².